The summed E-state index contributed by atoms with van der Waals surface area (Å²) in [5, 5.41) is 21.8. The van der Waals surface area contributed by atoms with Crippen molar-refractivity contribution in [3.05, 3.63) is 33.9 Å². The zero-order valence-corrected chi connectivity index (χ0v) is 10.3. The summed E-state index contributed by atoms with van der Waals surface area (Å²) in [6, 6.07) is 0.629. The van der Waals surface area contributed by atoms with E-state index in [2.05, 4.69) is 5.32 Å². The number of carbonyl (C=O) groups is 1. The molecule has 0 heterocycles. The van der Waals surface area contributed by atoms with E-state index in [9.17, 15) is 23.7 Å². The van der Waals surface area contributed by atoms with Gasteiger partial charge in [0.05, 0.1) is 23.5 Å². The first-order valence-electron chi connectivity index (χ1n) is 6.00. The number of nitrogens with one attached hydrogen (secondary N) is 1. The van der Waals surface area contributed by atoms with Crippen molar-refractivity contribution < 1.29 is 23.6 Å². The fraction of sp³-hybridized carbons (Fsp3) is 0.417. The molecule has 1 atom stereocenters. The Balaban J connectivity index is 2.23. The van der Waals surface area contributed by atoms with Crippen LogP contribution in [0, 0.1) is 27.7 Å². The summed E-state index contributed by atoms with van der Waals surface area (Å²) >= 11 is 0. The summed E-state index contributed by atoms with van der Waals surface area (Å²) in [4.78, 5) is 20.3. The number of nitro benzene ring substituents is 1. The molecule has 1 aliphatic rings. The molecule has 1 unspecified atom stereocenters. The topological polar surface area (TPSA) is 92.5 Å². The number of carboxylic acids is 1. The summed E-state index contributed by atoms with van der Waals surface area (Å²) in [6.45, 7) is 0. The van der Waals surface area contributed by atoms with E-state index < -0.39 is 39.9 Å². The van der Waals surface area contributed by atoms with Crippen LogP contribution < -0.4 is 5.32 Å². The van der Waals surface area contributed by atoms with E-state index in [4.69, 9.17) is 5.11 Å². The lowest BCUT2D eigenvalue weighted by molar-refractivity contribution is -0.385. The van der Waals surface area contributed by atoms with Crippen LogP contribution >= 0.6 is 0 Å². The Labute approximate surface area is 112 Å². The Bertz CT molecular complexity index is 537. The first kappa shape index (κ1) is 14.2. The number of rotatable bonds is 6. The zero-order chi connectivity index (χ0) is 14.9. The summed E-state index contributed by atoms with van der Waals surface area (Å²) < 4.78 is 27.4. The van der Waals surface area contributed by atoms with Crippen molar-refractivity contribution in [2.45, 2.75) is 25.3 Å². The van der Waals surface area contributed by atoms with Gasteiger partial charge in [-0.1, -0.05) is 0 Å². The fourth-order valence-electron chi connectivity index (χ4n) is 2.01. The van der Waals surface area contributed by atoms with Gasteiger partial charge < -0.3 is 10.4 Å². The lowest BCUT2D eigenvalue weighted by Gasteiger charge is -2.18. The maximum absolute atomic E-state index is 13.7. The number of nitrogens with zero attached hydrogens (tertiary/aromatic N) is 1. The number of aliphatic carboxylic acids is 1. The molecule has 2 rings (SSSR count). The Hall–Kier alpha value is -2.25. The first-order chi connectivity index (χ1) is 9.38. The van der Waals surface area contributed by atoms with E-state index in [-0.39, 0.29) is 12.3 Å². The van der Waals surface area contributed by atoms with Gasteiger partial charge in [0, 0.05) is 6.04 Å². The van der Waals surface area contributed by atoms with Crippen LogP contribution in [0.3, 0.4) is 0 Å². The van der Waals surface area contributed by atoms with E-state index in [0.29, 0.717) is 12.1 Å². The maximum Gasteiger partial charge on any atom is 0.305 e. The second kappa shape index (κ2) is 5.40. The number of hydrogen-bond acceptors (Lipinski definition) is 4. The van der Waals surface area contributed by atoms with Crippen molar-refractivity contribution in [3.63, 3.8) is 0 Å². The highest BCUT2D eigenvalue weighted by atomic mass is 19.1. The predicted molar refractivity (Wildman–Crippen MR) is 65.4 cm³/mol. The monoisotopic (exact) mass is 286 g/mol. The SMILES string of the molecule is O=C(O)CC(Nc1c(F)cc([N+](=O)[O-])cc1F)C1CC1. The molecule has 1 aliphatic carbocycles. The summed E-state index contributed by atoms with van der Waals surface area (Å²) in [5.74, 6) is -3.22. The quantitative estimate of drug-likeness (QED) is 0.619. The molecular formula is C12H12F2N2O4. The maximum atomic E-state index is 13.7. The van der Waals surface area contributed by atoms with Crippen molar-refractivity contribution >= 4 is 17.3 Å². The highest BCUT2D eigenvalue weighted by molar-refractivity contribution is 5.68. The molecule has 6 nitrogen and oxygen atoms in total. The van der Waals surface area contributed by atoms with Gasteiger partial charge >= 0.3 is 5.97 Å². The molecule has 108 valence electrons. The second-order valence-electron chi connectivity index (χ2n) is 4.73. The lowest BCUT2D eigenvalue weighted by atomic mass is 10.1. The van der Waals surface area contributed by atoms with Crippen LogP contribution in [0.5, 0.6) is 0 Å². The van der Waals surface area contributed by atoms with Crippen molar-refractivity contribution in [3.8, 4) is 0 Å². The Morgan fingerprint density at radius 2 is 2.00 bits per heavy atom. The van der Waals surface area contributed by atoms with Crippen LogP contribution in [0.1, 0.15) is 19.3 Å². The Morgan fingerprint density at radius 1 is 1.45 bits per heavy atom. The molecule has 1 aromatic carbocycles. The molecule has 0 radical (unpaired) electrons. The third-order valence-electron chi connectivity index (χ3n) is 3.15. The molecule has 2 N–H and O–H groups in total. The molecule has 0 aromatic heterocycles. The van der Waals surface area contributed by atoms with E-state index in [1.807, 2.05) is 0 Å². The smallest absolute Gasteiger partial charge is 0.305 e. The molecule has 0 spiro atoms. The molecule has 1 aromatic rings. The molecule has 0 amide bonds. The van der Waals surface area contributed by atoms with Crippen LogP contribution in [-0.4, -0.2) is 22.0 Å². The third kappa shape index (κ3) is 3.19. The summed E-state index contributed by atoms with van der Waals surface area (Å²) in [6.07, 6.45) is 1.32. The van der Waals surface area contributed by atoms with Crippen LogP contribution in [0.15, 0.2) is 12.1 Å². The van der Waals surface area contributed by atoms with Crippen molar-refractivity contribution in [1.82, 2.24) is 0 Å². The number of benzene rings is 1. The molecular weight excluding hydrogens is 274 g/mol. The van der Waals surface area contributed by atoms with Gasteiger partial charge in [-0.05, 0) is 18.8 Å². The number of non-ortho nitro benzene ring substituents is 1. The van der Waals surface area contributed by atoms with Gasteiger partial charge in [-0.3, -0.25) is 14.9 Å². The van der Waals surface area contributed by atoms with E-state index >= 15 is 0 Å². The Morgan fingerprint density at radius 3 is 2.40 bits per heavy atom. The zero-order valence-electron chi connectivity index (χ0n) is 10.3. The van der Waals surface area contributed by atoms with Gasteiger partial charge in [0.25, 0.3) is 5.69 Å². The van der Waals surface area contributed by atoms with E-state index in [1.54, 1.807) is 0 Å². The molecule has 1 saturated carbocycles. The van der Waals surface area contributed by atoms with Gasteiger partial charge in [0.15, 0.2) is 11.6 Å². The average Bonchev–Trinajstić information content (AvgIpc) is 3.15. The van der Waals surface area contributed by atoms with Gasteiger partial charge in [-0.15, -0.1) is 0 Å². The molecule has 8 heteroatoms. The Kier molecular flexibility index (Phi) is 3.82. The summed E-state index contributed by atoms with van der Waals surface area (Å²) in [5.41, 5.74) is -1.21. The molecule has 0 aliphatic heterocycles. The van der Waals surface area contributed by atoms with E-state index in [1.165, 1.54) is 0 Å². The number of nitro groups is 1. The molecule has 20 heavy (non-hydrogen) atoms. The van der Waals surface area contributed by atoms with Gasteiger partial charge in [0.1, 0.15) is 5.69 Å². The highest BCUT2D eigenvalue weighted by Crippen LogP contribution is 2.37. The van der Waals surface area contributed by atoms with Crippen LogP contribution in [0.2, 0.25) is 0 Å². The standard InChI is InChI=1S/C12H12F2N2O4/c13-8-3-7(16(19)20)4-9(14)12(8)15-10(5-11(17)18)6-1-2-6/h3-4,6,10,15H,1-2,5H2,(H,17,18). The van der Waals surface area contributed by atoms with Crippen molar-refractivity contribution in [1.29, 1.82) is 0 Å². The minimum absolute atomic E-state index is 0.0556. The number of carboxylic acid groups (broad SMARTS) is 1. The van der Waals surface area contributed by atoms with Gasteiger partial charge in [-0.2, -0.15) is 0 Å². The normalized spacial score (nSPS) is 15.7. The van der Waals surface area contributed by atoms with Crippen molar-refractivity contribution in [2.24, 2.45) is 5.92 Å². The molecule has 1 fully saturated rings. The number of anilines is 1. The second-order valence-corrected chi connectivity index (χ2v) is 4.73. The van der Waals surface area contributed by atoms with Crippen LogP contribution in [0.4, 0.5) is 20.2 Å². The predicted octanol–water partition coefficient (Wildman–Crippen LogP) is 2.54. The molecule has 0 bridgehead atoms. The van der Waals surface area contributed by atoms with Crippen LogP contribution in [0.25, 0.3) is 0 Å². The minimum atomic E-state index is -1.10. The number of hydrogen-bond donors (Lipinski definition) is 2. The van der Waals surface area contributed by atoms with Crippen LogP contribution in [-0.2, 0) is 4.79 Å². The summed E-state index contributed by atoms with van der Waals surface area (Å²) in [7, 11) is 0. The van der Waals surface area contributed by atoms with Gasteiger partial charge in [0.2, 0.25) is 0 Å². The third-order valence-corrected chi connectivity index (χ3v) is 3.15. The highest BCUT2D eigenvalue weighted by Gasteiger charge is 2.34. The number of halogens is 2. The lowest BCUT2D eigenvalue weighted by Crippen LogP contribution is -2.26. The first-order valence-corrected chi connectivity index (χ1v) is 6.00. The van der Waals surface area contributed by atoms with Gasteiger partial charge in [-0.25, -0.2) is 8.78 Å². The molecule has 0 saturated heterocycles. The van der Waals surface area contributed by atoms with E-state index in [0.717, 1.165) is 12.8 Å². The fourth-order valence-corrected chi connectivity index (χ4v) is 2.01. The van der Waals surface area contributed by atoms with Crippen molar-refractivity contribution in [2.75, 3.05) is 5.32 Å². The average molecular weight is 286 g/mol. The minimum Gasteiger partial charge on any atom is -0.481 e. The largest absolute Gasteiger partial charge is 0.481 e.